The summed E-state index contributed by atoms with van der Waals surface area (Å²) in [5.41, 5.74) is 14.4. The number of hydrogen-bond donors (Lipinski definition) is 0. The quantitative estimate of drug-likeness (QED) is 0.150. The van der Waals surface area contributed by atoms with Gasteiger partial charge in [-0.2, -0.15) is 0 Å². The molecule has 8 aromatic carbocycles. The van der Waals surface area contributed by atoms with Crippen molar-refractivity contribution in [2.45, 2.75) is 6.92 Å². The average molecular weight is 640 g/mol. The molecular weight excluding hydrogens is 603 g/mol. The van der Waals surface area contributed by atoms with Gasteiger partial charge in [0.05, 0.1) is 0 Å². The Kier molecular flexibility index (Phi) is 8.62. The van der Waals surface area contributed by atoms with Crippen LogP contribution in [0.5, 0.6) is 0 Å². The van der Waals surface area contributed by atoms with Crippen LogP contribution in [0, 0.1) is 6.92 Å². The molecule has 1 heteroatoms. The first-order valence-corrected chi connectivity index (χ1v) is 17.2. The molecule has 0 heterocycles. The van der Waals surface area contributed by atoms with Gasteiger partial charge in [-0.05, 0) is 104 Å². The summed E-state index contributed by atoms with van der Waals surface area (Å²) in [5, 5.41) is 2.46. The van der Waals surface area contributed by atoms with Gasteiger partial charge in [0, 0.05) is 17.1 Å². The third kappa shape index (κ3) is 6.14. The summed E-state index contributed by atoms with van der Waals surface area (Å²) in [6, 6.07) is 69.5. The predicted molar refractivity (Wildman–Crippen MR) is 215 cm³/mol. The van der Waals surface area contributed by atoms with E-state index < -0.39 is 0 Å². The molecule has 0 aliphatic heterocycles. The zero-order valence-corrected chi connectivity index (χ0v) is 28.1. The van der Waals surface area contributed by atoms with E-state index in [2.05, 4.69) is 212 Å². The zero-order chi connectivity index (χ0) is 33.7. The summed E-state index contributed by atoms with van der Waals surface area (Å²) in [6.45, 7) is 2.29. The Bertz CT molecular complexity index is 2380. The first kappa shape index (κ1) is 30.9. The highest BCUT2D eigenvalue weighted by molar-refractivity contribution is 6.13. The van der Waals surface area contributed by atoms with Crippen LogP contribution in [0.25, 0.3) is 56.3 Å². The molecule has 0 saturated heterocycles. The SMILES string of the molecule is Cc1c(-c2ccccc2)c(-c2ccccc2)c2cc(N(c3ccccc3)c3ccc(/C=C/c4ccccc4)cc3)ccc2c1-c1ccccc1. The lowest BCUT2D eigenvalue weighted by Crippen LogP contribution is -2.10. The van der Waals surface area contributed by atoms with Crippen LogP contribution >= 0.6 is 0 Å². The van der Waals surface area contributed by atoms with Crippen LogP contribution in [-0.2, 0) is 0 Å². The van der Waals surface area contributed by atoms with Crippen molar-refractivity contribution in [1.29, 1.82) is 0 Å². The van der Waals surface area contributed by atoms with Gasteiger partial charge in [0.2, 0.25) is 0 Å². The van der Waals surface area contributed by atoms with Gasteiger partial charge in [-0.3, -0.25) is 0 Å². The molecule has 0 aromatic heterocycles. The van der Waals surface area contributed by atoms with Gasteiger partial charge in [0.1, 0.15) is 0 Å². The van der Waals surface area contributed by atoms with Crippen molar-refractivity contribution in [2.75, 3.05) is 4.90 Å². The number of anilines is 3. The van der Waals surface area contributed by atoms with Gasteiger partial charge < -0.3 is 4.90 Å². The molecule has 0 bridgehead atoms. The van der Waals surface area contributed by atoms with Gasteiger partial charge in [-0.1, -0.05) is 170 Å². The molecule has 0 spiro atoms. The number of hydrogen-bond acceptors (Lipinski definition) is 1. The maximum atomic E-state index is 2.40. The van der Waals surface area contributed by atoms with Crippen molar-refractivity contribution >= 4 is 40.0 Å². The van der Waals surface area contributed by atoms with Crippen LogP contribution in [0.1, 0.15) is 16.7 Å². The lowest BCUT2D eigenvalue weighted by molar-refractivity contribution is 1.29. The fourth-order valence-corrected chi connectivity index (χ4v) is 7.11. The second-order valence-corrected chi connectivity index (χ2v) is 12.6. The zero-order valence-electron chi connectivity index (χ0n) is 28.1. The fourth-order valence-electron chi connectivity index (χ4n) is 7.11. The first-order valence-electron chi connectivity index (χ1n) is 17.2. The topological polar surface area (TPSA) is 3.24 Å². The van der Waals surface area contributed by atoms with Gasteiger partial charge in [0.15, 0.2) is 0 Å². The standard InChI is InChI=1S/C49H37N/c1-36-47(39-19-9-3-10-20-39)45-34-33-44(35-46(45)49(41-23-13-5-14-24-41)48(36)40-21-11-4-12-22-40)50(42-25-15-6-16-26-42)43-31-29-38(30-32-43)28-27-37-17-7-2-8-18-37/h2-35H,1H3/b28-27+. The summed E-state index contributed by atoms with van der Waals surface area (Å²) < 4.78 is 0. The van der Waals surface area contributed by atoms with E-state index in [1.54, 1.807) is 0 Å². The molecule has 0 atom stereocenters. The Morgan fingerprint density at radius 3 is 1.32 bits per heavy atom. The Hall–Kier alpha value is -6.44. The molecule has 238 valence electrons. The van der Waals surface area contributed by atoms with Crippen LogP contribution in [0.2, 0.25) is 0 Å². The molecule has 8 rings (SSSR count). The summed E-state index contributed by atoms with van der Waals surface area (Å²) in [7, 11) is 0. The molecule has 0 aliphatic carbocycles. The van der Waals surface area contributed by atoms with Crippen molar-refractivity contribution in [1.82, 2.24) is 0 Å². The molecule has 0 N–H and O–H groups in total. The van der Waals surface area contributed by atoms with Crippen LogP contribution in [0.4, 0.5) is 17.1 Å². The lowest BCUT2D eigenvalue weighted by atomic mass is 9.81. The highest BCUT2D eigenvalue weighted by Gasteiger charge is 2.22. The predicted octanol–water partition coefficient (Wildman–Crippen LogP) is 13.8. The van der Waals surface area contributed by atoms with Crippen molar-refractivity contribution in [2.24, 2.45) is 0 Å². The number of nitrogens with zero attached hydrogens (tertiary/aromatic N) is 1. The van der Waals surface area contributed by atoms with Gasteiger partial charge >= 0.3 is 0 Å². The van der Waals surface area contributed by atoms with Crippen molar-refractivity contribution in [3.63, 3.8) is 0 Å². The van der Waals surface area contributed by atoms with Crippen molar-refractivity contribution in [3.8, 4) is 33.4 Å². The highest BCUT2D eigenvalue weighted by Crippen LogP contribution is 2.48. The molecule has 0 saturated carbocycles. The Morgan fingerprint density at radius 2 is 0.760 bits per heavy atom. The number of rotatable bonds is 8. The average Bonchev–Trinajstić information content (AvgIpc) is 3.19. The summed E-state index contributed by atoms with van der Waals surface area (Å²) >= 11 is 0. The molecule has 0 amide bonds. The Balaban J connectivity index is 1.36. The molecule has 0 radical (unpaired) electrons. The van der Waals surface area contributed by atoms with E-state index in [-0.39, 0.29) is 0 Å². The fraction of sp³-hybridized carbons (Fsp3) is 0.0204. The maximum Gasteiger partial charge on any atom is 0.0468 e. The molecular formula is C49H37N. The molecule has 50 heavy (non-hydrogen) atoms. The van der Waals surface area contributed by atoms with E-state index in [0.29, 0.717) is 0 Å². The van der Waals surface area contributed by atoms with Gasteiger partial charge in [0.25, 0.3) is 0 Å². The van der Waals surface area contributed by atoms with Crippen molar-refractivity contribution < 1.29 is 0 Å². The number of para-hydroxylation sites is 1. The van der Waals surface area contributed by atoms with Gasteiger partial charge in [-0.15, -0.1) is 0 Å². The van der Waals surface area contributed by atoms with Crippen LogP contribution < -0.4 is 4.90 Å². The minimum atomic E-state index is 1.10. The van der Waals surface area contributed by atoms with Gasteiger partial charge in [-0.25, -0.2) is 0 Å². The molecule has 1 nitrogen and oxygen atoms in total. The first-order chi connectivity index (χ1) is 24.7. The van der Waals surface area contributed by atoms with Crippen molar-refractivity contribution in [3.05, 3.63) is 211 Å². The molecule has 8 aromatic rings. The normalized spacial score (nSPS) is 11.2. The summed E-state index contributed by atoms with van der Waals surface area (Å²) in [4.78, 5) is 2.36. The van der Waals surface area contributed by atoms with Crippen LogP contribution in [0.3, 0.4) is 0 Å². The smallest absolute Gasteiger partial charge is 0.0468 e. The van der Waals surface area contributed by atoms with E-state index in [1.165, 1.54) is 55.3 Å². The second-order valence-electron chi connectivity index (χ2n) is 12.6. The minimum Gasteiger partial charge on any atom is -0.310 e. The molecule has 0 unspecified atom stereocenters. The number of fused-ring (bicyclic) bond motifs is 1. The summed E-state index contributed by atoms with van der Waals surface area (Å²) in [5.74, 6) is 0. The van der Waals surface area contributed by atoms with E-state index in [1.807, 2.05) is 6.07 Å². The lowest BCUT2D eigenvalue weighted by Gasteiger charge is -2.27. The van der Waals surface area contributed by atoms with E-state index >= 15 is 0 Å². The maximum absolute atomic E-state index is 2.40. The largest absolute Gasteiger partial charge is 0.310 e. The van der Waals surface area contributed by atoms with E-state index in [4.69, 9.17) is 0 Å². The van der Waals surface area contributed by atoms with Crippen LogP contribution in [0.15, 0.2) is 194 Å². The highest BCUT2D eigenvalue weighted by atomic mass is 15.1. The monoisotopic (exact) mass is 639 g/mol. The molecule has 0 fully saturated rings. The third-order valence-electron chi connectivity index (χ3n) is 9.42. The third-order valence-corrected chi connectivity index (χ3v) is 9.42. The van der Waals surface area contributed by atoms with Crippen LogP contribution in [-0.4, -0.2) is 0 Å². The minimum absolute atomic E-state index is 1.10. The Labute approximate surface area is 295 Å². The van der Waals surface area contributed by atoms with E-state index in [9.17, 15) is 0 Å². The second kappa shape index (κ2) is 14.0. The molecule has 0 aliphatic rings. The Morgan fingerprint density at radius 1 is 0.340 bits per heavy atom. The van der Waals surface area contributed by atoms with E-state index in [0.717, 1.165) is 22.6 Å². The summed E-state index contributed by atoms with van der Waals surface area (Å²) in [6.07, 6.45) is 4.34. The number of benzene rings is 8.